The van der Waals surface area contributed by atoms with Crippen LogP contribution < -0.4 is 4.74 Å². The van der Waals surface area contributed by atoms with Gasteiger partial charge in [0.2, 0.25) is 0 Å². The van der Waals surface area contributed by atoms with Gasteiger partial charge in [0.15, 0.2) is 0 Å². The number of hydrogen-bond acceptors (Lipinski definition) is 3. The third-order valence-corrected chi connectivity index (χ3v) is 2.89. The van der Waals surface area contributed by atoms with Gasteiger partial charge in [-0.3, -0.25) is 0 Å². The fraction of sp³-hybridized carbons (Fsp3) is 0.0714. The summed E-state index contributed by atoms with van der Waals surface area (Å²) in [5, 5.41) is 18.0. The maximum absolute atomic E-state index is 10.9. The molecule has 0 saturated carbocycles. The van der Waals surface area contributed by atoms with Crippen molar-refractivity contribution < 1.29 is 19.7 Å². The zero-order chi connectivity index (χ0) is 13.8. The van der Waals surface area contributed by atoms with Crippen LogP contribution in [0.3, 0.4) is 0 Å². The van der Waals surface area contributed by atoms with E-state index in [-0.39, 0.29) is 12.2 Å². The molecule has 5 heteroatoms. The van der Waals surface area contributed by atoms with Gasteiger partial charge in [0, 0.05) is 4.47 Å². The van der Waals surface area contributed by atoms with E-state index in [1.807, 2.05) is 0 Å². The first kappa shape index (κ1) is 13.6. The Morgan fingerprint density at radius 2 is 1.95 bits per heavy atom. The van der Waals surface area contributed by atoms with E-state index >= 15 is 0 Å². The lowest BCUT2D eigenvalue weighted by molar-refractivity contribution is 0.0696. The number of ether oxygens (including phenoxy) is 1. The Kier molecular flexibility index (Phi) is 4.19. The maximum atomic E-state index is 10.9. The monoisotopic (exact) mass is 322 g/mol. The average Bonchev–Trinajstić information content (AvgIpc) is 2.38. The summed E-state index contributed by atoms with van der Waals surface area (Å²) in [6.45, 7) is -0.0734. The average molecular weight is 323 g/mol. The highest BCUT2D eigenvalue weighted by Crippen LogP contribution is 2.27. The molecule has 2 aromatic rings. The predicted octanol–water partition coefficient (Wildman–Crippen LogP) is 3.43. The number of aromatic carboxylic acids is 1. The molecular weight excluding hydrogens is 312 g/mol. The molecule has 19 heavy (non-hydrogen) atoms. The number of rotatable bonds is 4. The molecule has 0 radical (unpaired) electrons. The SMILES string of the molecule is O=C(O)c1cc(Br)cc(Oc2cccc(CO)c2)c1. The molecule has 0 atom stereocenters. The van der Waals surface area contributed by atoms with E-state index in [0.29, 0.717) is 16.0 Å². The molecule has 0 aliphatic heterocycles. The van der Waals surface area contributed by atoms with E-state index in [1.165, 1.54) is 12.1 Å². The molecule has 0 heterocycles. The summed E-state index contributed by atoms with van der Waals surface area (Å²) in [4.78, 5) is 10.9. The Bertz CT molecular complexity index is 610. The van der Waals surface area contributed by atoms with Gasteiger partial charge in [0.1, 0.15) is 11.5 Å². The van der Waals surface area contributed by atoms with E-state index in [9.17, 15) is 4.79 Å². The molecule has 0 aromatic heterocycles. The molecule has 0 unspecified atom stereocenters. The van der Waals surface area contributed by atoms with Crippen molar-refractivity contribution in [1.29, 1.82) is 0 Å². The number of halogens is 1. The van der Waals surface area contributed by atoms with E-state index in [1.54, 1.807) is 30.3 Å². The lowest BCUT2D eigenvalue weighted by atomic mass is 10.2. The van der Waals surface area contributed by atoms with Crippen LogP contribution in [-0.2, 0) is 6.61 Å². The standard InChI is InChI=1S/C14H11BrO4/c15-11-5-10(14(17)18)6-13(7-11)19-12-3-1-2-9(4-12)8-16/h1-7,16H,8H2,(H,17,18). The zero-order valence-corrected chi connectivity index (χ0v) is 11.4. The van der Waals surface area contributed by atoms with Crippen LogP contribution in [0.25, 0.3) is 0 Å². The minimum Gasteiger partial charge on any atom is -0.478 e. The van der Waals surface area contributed by atoms with Crippen molar-refractivity contribution in [3.63, 3.8) is 0 Å². The van der Waals surface area contributed by atoms with Crippen LogP contribution >= 0.6 is 15.9 Å². The zero-order valence-electron chi connectivity index (χ0n) is 9.84. The fourth-order valence-electron chi connectivity index (χ4n) is 1.59. The number of aliphatic hydroxyl groups excluding tert-OH is 1. The predicted molar refractivity (Wildman–Crippen MR) is 73.5 cm³/mol. The highest BCUT2D eigenvalue weighted by Gasteiger charge is 2.07. The number of carbonyl (C=O) groups is 1. The Balaban J connectivity index is 2.29. The van der Waals surface area contributed by atoms with Crippen molar-refractivity contribution in [3.8, 4) is 11.5 Å². The summed E-state index contributed by atoms with van der Waals surface area (Å²) in [5.41, 5.74) is 0.869. The summed E-state index contributed by atoms with van der Waals surface area (Å²) in [6.07, 6.45) is 0. The summed E-state index contributed by atoms with van der Waals surface area (Å²) in [7, 11) is 0. The maximum Gasteiger partial charge on any atom is 0.335 e. The second-order valence-electron chi connectivity index (χ2n) is 3.89. The van der Waals surface area contributed by atoms with Crippen LogP contribution in [-0.4, -0.2) is 16.2 Å². The number of hydrogen-bond donors (Lipinski definition) is 2. The lowest BCUT2D eigenvalue weighted by Gasteiger charge is -2.08. The van der Waals surface area contributed by atoms with Crippen molar-refractivity contribution in [2.24, 2.45) is 0 Å². The Morgan fingerprint density at radius 1 is 1.16 bits per heavy atom. The molecule has 4 nitrogen and oxygen atoms in total. The van der Waals surface area contributed by atoms with Crippen LogP contribution in [0.4, 0.5) is 0 Å². The Hall–Kier alpha value is -1.85. The van der Waals surface area contributed by atoms with Gasteiger partial charge in [-0.2, -0.15) is 0 Å². The number of carboxylic acid groups (broad SMARTS) is 1. The van der Waals surface area contributed by atoms with Crippen LogP contribution in [0.1, 0.15) is 15.9 Å². The van der Waals surface area contributed by atoms with Crippen molar-refractivity contribution in [1.82, 2.24) is 0 Å². The van der Waals surface area contributed by atoms with Gasteiger partial charge in [-0.25, -0.2) is 4.79 Å². The molecule has 0 aliphatic carbocycles. The second kappa shape index (κ2) is 5.86. The molecule has 0 aliphatic rings. The molecule has 0 fully saturated rings. The first-order valence-electron chi connectivity index (χ1n) is 5.50. The molecule has 2 N–H and O–H groups in total. The fourth-order valence-corrected chi connectivity index (χ4v) is 2.06. The lowest BCUT2D eigenvalue weighted by Crippen LogP contribution is -1.97. The molecule has 2 rings (SSSR count). The van der Waals surface area contributed by atoms with Crippen LogP contribution in [0.2, 0.25) is 0 Å². The third kappa shape index (κ3) is 3.56. The van der Waals surface area contributed by atoms with Gasteiger partial charge in [-0.15, -0.1) is 0 Å². The van der Waals surface area contributed by atoms with Crippen LogP contribution in [0.15, 0.2) is 46.9 Å². The van der Waals surface area contributed by atoms with E-state index in [4.69, 9.17) is 14.9 Å². The van der Waals surface area contributed by atoms with Crippen LogP contribution in [0, 0.1) is 0 Å². The number of aliphatic hydroxyl groups is 1. The summed E-state index contributed by atoms with van der Waals surface area (Å²) < 4.78 is 6.21. The molecule has 0 bridgehead atoms. The normalized spacial score (nSPS) is 10.2. The molecule has 98 valence electrons. The largest absolute Gasteiger partial charge is 0.478 e. The third-order valence-electron chi connectivity index (χ3n) is 2.43. The highest BCUT2D eigenvalue weighted by atomic mass is 79.9. The summed E-state index contributed by atoms with van der Waals surface area (Å²) in [5.74, 6) is -0.0573. The van der Waals surface area contributed by atoms with E-state index in [0.717, 1.165) is 5.56 Å². The Morgan fingerprint density at radius 3 is 2.63 bits per heavy atom. The number of benzene rings is 2. The molecule has 2 aromatic carbocycles. The first-order chi connectivity index (χ1) is 9.08. The smallest absolute Gasteiger partial charge is 0.335 e. The minimum atomic E-state index is -1.02. The molecular formula is C14H11BrO4. The molecule has 0 amide bonds. The molecule has 0 saturated heterocycles. The van der Waals surface area contributed by atoms with Gasteiger partial charge in [0.25, 0.3) is 0 Å². The summed E-state index contributed by atoms with van der Waals surface area (Å²) in [6, 6.07) is 11.6. The highest BCUT2D eigenvalue weighted by molar-refractivity contribution is 9.10. The van der Waals surface area contributed by atoms with Crippen molar-refractivity contribution >= 4 is 21.9 Å². The van der Waals surface area contributed by atoms with Crippen molar-refractivity contribution in [3.05, 3.63) is 58.1 Å². The van der Waals surface area contributed by atoms with Gasteiger partial charge < -0.3 is 14.9 Å². The second-order valence-corrected chi connectivity index (χ2v) is 4.80. The summed E-state index contributed by atoms with van der Waals surface area (Å²) >= 11 is 3.24. The van der Waals surface area contributed by atoms with Gasteiger partial charge in [-0.1, -0.05) is 28.1 Å². The quantitative estimate of drug-likeness (QED) is 0.905. The number of carboxylic acids is 1. The van der Waals surface area contributed by atoms with Crippen molar-refractivity contribution in [2.45, 2.75) is 6.61 Å². The van der Waals surface area contributed by atoms with Crippen LogP contribution in [0.5, 0.6) is 11.5 Å². The van der Waals surface area contributed by atoms with E-state index in [2.05, 4.69) is 15.9 Å². The topological polar surface area (TPSA) is 66.8 Å². The molecule has 0 spiro atoms. The van der Waals surface area contributed by atoms with Gasteiger partial charge >= 0.3 is 5.97 Å². The van der Waals surface area contributed by atoms with E-state index < -0.39 is 5.97 Å². The minimum absolute atomic E-state index is 0.0734. The first-order valence-corrected chi connectivity index (χ1v) is 6.29. The Labute approximate surface area is 118 Å². The van der Waals surface area contributed by atoms with Gasteiger partial charge in [0.05, 0.1) is 12.2 Å². The van der Waals surface area contributed by atoms with Crippen molar-refractivity contribution in [2.75, 3.05) is 0 Å². The van der Waals surface area contributed by atoms with Gasteiger partial charge in [-0.05, 0) is 35.9 Å².